The average Bonchev–Trinajstić information content (AvgIpc) is 2.03. The summed E-state index contributed by atoms with van der Waals surface area (Å²) in [5, 5.41) is 2.07. The lowest BCUT2D eigenvalue weighted by atomic mass is 10.2. The fraction of sp³-hybridized carbons (Fsp3) is 0.833. The summed E-state index contributed by atoms with van der Waals surface area (Å²) in [5.74, 6) is -0.589. The fourth-order valence-corrected chi connectivity index (χ4v) is 0.706. The highest BCUT2D eigenvalue weighted by Crippen LogP contribution is 2.03. The first-order valence-electron chi connectivity index (χ1n) is 3.59. The van der Waals surface area contributed by atoms with Crippen LogP contribution in [0.4, 0.5) is 8.78 Å². The van der Waals surface area contributed by atoms with Crippen LogP contribution >= 0.6 is 0 Å². The predicted molar refractivity (Wildman–Crippen MR) is 40.7 cm³/mol. The van der Waals surface area contributed by atoms with Crippen molar-refractivity contribution in [1.82, 2.24) is 5.32 Å². The number of amides is 1. The van der Waals surface area contributed by atoms with Crippen LogP contribution in [0.2, 0.25) is 0 Å². The maximum Gasteiger partial charge on any atom is 0.258 e. The molecule has 0 aliphatic carbocycles. The van der Waals surface area contributed by atoms with Crippen LogP contribution in [-0.2, 0) is 4.79 Å². The maximum absolute atomic E-state index is 12.1. The smallest absolute Gasteiger partial charge is 0.258 e. The quantitative estimate of drug-likeness (QED) is 0.511. The second-order valence-electron chi connectivity index (χ2n) is 2.29. The minimum Gasteiger partial charge on any atom is -0.346 e. The van der Waals surface area contributed by atoms with Gasteiger partial charge in [0.05, 0.1) is 12.6 Å². The highest BCUT2D eigenvalue weighted by atomic mass is 19.3. The van der Waals surface area contributed by atoms with Crippen LogP contribution in [0.15, 0.2) is 0 Å². The Morgan fingerprint density at radius 1 is 1.42 bits per heavy atom. The highest BCUT2D eigenvalue weighted by Gasteiger charge is 2.20. The van der Waals surface area contributed by atoms with Gasteiger partial charge in [-0.2, -0.15) is 0 Å². The van der Waals surface area contributed by atoms with Crippen molar-refractivity contribution in [2.75, 3.05) is 13.1 Å². The first-order valence-corrected chi connectivity index (χ1v) is 3.59. The third-order valence-electron chi connectivity index (χ3n) is 1.31. The van der Waals surface area contributed by atoms with Gasteiger partial charge < -0.3 is 16.8 Å². The standard InChI is InChI=1S/C6H13F2N3O/c7-6(8)4(1-2-9)11-5(12)3-10/h4,6H,1-3,9-10H2,(H,11,12). The van der Waals surface area contributed by atoms with Crippen molar-refractivity contribution < 1.29 is 13.6 Å². The molecule has 0 saturated carbocycles. The van der Waals surface area contributed by atoms with Crippen molar-refractivity contribution in [1.29, 1.82) is 0 Å². The van der Waals surface area contributed by atoms with Crippen LogP contribution in [0.3, 0.4) is 0 Å². The van der Waals surface area contributed by atoms with Gasteiger partial charge >= 0.3 is 0 Å². The summed E-state index contributed by atoms with van der Waals surface area (Å²) in [6.07, 6.45) is -2.53. The zero-order valence-electron chi connectivity index (χ0n) is 6.59. The molecule has 5 N–H and O–H groups in total. The summed E-state index contributed by atoms with van der Waals surface area (Å²) in [6.45, 7) is -0.173. The largest absolute Gasteiger partial charge is 0.346 e. The number of halogens is 2. The monoisotopic (exact) mass is 181 g/mol. The Morgan fingerprint density at radius 2 is 2.00 bits per heavy atom. The molecule has 0 bridgehead atoms. The maximum atomic E-state index is 12.1. The third kappa shape index (κ3) is 4.20. The molecule has 6 heteroatoms. The molecule has 0 heterocycles. The zero-order valence-corrected chi connectivity index (χ0v) is 6.59. The van der Waals surface area contributed by atoms with E-state index in [0.29, 0.717) is 0 Å². The van der Waals surface area contributed by atoms with E-state index in [0.717, 1.165) is 0 Å². The van der Waals surface area contributed by atoms with Crippen molar-refractivity contribution in [3.63, 3.8) is 0 Å². The number of carbonyl (C=O) groups is 1. The molecule has 0 fully saturated rings. The molecule has 0 aromatic carbocycles. The van der Waals surface area contributed by atoms with Gasteiger partial charge in [-0.15, -0.1) is 0 Å². The normalized spacial score (nSPS) is 13.1. The molecule has 72 valence electrons. The molecule has 0 aliphatic heterocycles. The Kier molecular flexibility index (Phi) is 5.48. The lowest BCUT2D eigenvalue weighted by Gasteiger charge is -2.15. The van der Waals surface area contributed by atoms with Crippen molar-refractivity contribution in [3.05, 3.63) is 0 Å². The molecule has 0 aliphatic rings. The van der Waals surface area contributed by atoms with Crippen LogP contribution in [-0.4, -0.2) is 31.5 Å². The molecular formula is C6H13F2N3O. The van der Waals surface area contributed by atoms with E-state index in [9.17, 15) is 13.6 Å². The minimum atomic E-state index is -2.59. The van der Waals surface area contributed by atoms with Gasteiger partial charge in [0, 0.05) is 0 Å². The molecule has 4 nitrogen and oxygen atoms in total. The average molecular weight is 181 g/mol. The van der Waals surface area contributed by atoms with Crippen molar-refractivity contribution >= 4 is 5.91 Å². The molecule has 0 saturated heterocycles. The van der Waals surface area contributed by atoms with Crippen LogP contribution in [0.25, 0.3) is 0 Å². The molecular weight excluding hydrogens is 168 g/mol. The molecule has 1 amide bonds. The zero-order chi connectivity index (χ0) is 9.56. The number of nitrogens with one attached hydrogen (secondary N) is 1. The summed E-state index contributed by atoms with van der Waals surface area (Å²) in [6, 6.07) is -1.17. The molecule has 1 atom stereocenters. The molecule has 0 spiro atoms. The Labute approximate surface area is 69.3 Å². The van der Waals surface area contributed by atoms with Gasteiger partial charge in [-0.1, -0.05) is 0 Å². The van der Waals surface area contributed by atoms with Gasteiger partial charge in [0.15, 0.2) is 0 Å². The highest BCUT2D eigenvalue weighted by molar-refractivity contribution is 5.78. The van der Waals surface area contributed by atoms with E-state index in [4.69, 9.17) is 11.5 Å². The molecule has 0 rings (SSSR count). The summed E-state index contributed by atoms with van der Waals surface area (Å²) in [5.41, 5.74) is 10.00. The van der Waals surface area contributed by atoms with Crippen LogP contribution in [0.1, 0.15) is 6.42 Å². The Bertz CT molecular complexity index is 143. The second kappa shape index (κ2) is 5.84. The summed E-state index contributed by atoms with van der Waals surface area (Å²) < 4.78 is 24.1. The molecule has 0 radical (unpaired) electrons. The summed E-state index contributed by atoms with van der Waals surface area (Å²) >= 11 is 0. The van der Waals surface area contributed by atoms with Crippen molar-refractivity contribution in [3.8, 4) is 0 Å². The number of nitrogens with two attached hydrogens (primary N) is 2. The van der Waals surface area contributed by atoms with E-state index in [2.05, 4.69) is 5.32 Å². The van der Waals surface area contributed by atoms with E-state index in [1.807, 2.05) is 0 Å². The summed E-state index contributed by atoms with van der Waals surface area (Å²) in [4.78, 5) is 10.6. The number of rotatable bonds is 5. The van der Waals surface area contributed by atoms with E-state index in [-0.39, 0.29) is 19.5 Å². The van der Waals surface area contributed by atoms with Gasteiger partial charge in [0.1, 0.15) is 0 Å². The Hall–Kier alpha value is -0.750. The van der Waals surface area contributed by atoms with E-state index >= 15 is 0 Å². The van der Waals surface area contributed by atoms with Crippen LogP contribution in [0, 0.1) is 0 Å². The van der Waals surface area contributed by atoms with Gasteiger partial charge in [0.2, 0.25) is 5.91 Å². The van der Waals surface area contributed by atoms with Crippen molar-refractivity contribution in [2.45, 2.75) is 18.9 Å². The minimum absolute atomic E-state index is 0.0589. The van der Waals surface area contributed by atoms with Gasteiger partial charge in [-0.3, -0.25) is 4.79 Å². The number of hydrogen-bond acceptors (Lipinski definition) is 3. The molecule has 0 aromatic rings. The predicted octanol–water partition coefficient (Wildman–Crippen LogP) is -0.956. The van der Waals surface area contributed by atoms with E-state index in [1.165, 1.54) is 0 Å². The summed E-state index contributed by atoms with van der Waals surface area (Å²) in [7, 11) is 0. The van der Waals surface area contributed by atoms with E-state index < -0.39 is 18.4 Å². The fourth-order valence-electron chi connectivity index (χ4n) is 0.706. The first kappa shape index (κ1) is 11.2. The van der Waals surface area contributed by atoms with E-state index in [1.54, 1.807) is 0 Å². The Morgan fingerprint density at radius 3 is 2.33 bits per heavy atom. The van der Waals surface area contributed by atoms with Crippen LogP contribution < -0.4 is 16.8 Å². The lowest BCUT2D eigenvalue weighted by Crippen LogP contribution is -2.43. The van der Waals surface area contributed by atoms with Gasteiger partial charge in [0.25, 0.3) is 6.43 Å². The lowest BCUT2D eigenvalue weighted by molar-refractivity contribution is -0.121. The Balaban J connectivity index is 3.86. The second-order valence-corrected chi connectivity index (χ2v) is 2.29. The van der Waals surface area contributed by atoms with Gasteiger partial charge in [-0.25, -0.2) is 8.78 Å². The topological polar surface area (TPSA) is 81.1 Å². The first-order chi connectivity index (χ1) is 5.61. The SMILES string of the molecule is NCCC(NC(=O)CN)C(F)F. The van der Waals surface area contributed by atoms with Gasteiger partial charge in [-0.05, 0) is 13.0 Å². The molecule has 0 aromatic heterocycles. The molecule has 1 unspecified atom stereocenters. The number of alkyl halides is 2. The third-order valence-corrected chi connectivity index (χ3v) is 1.31. The van der Waals surface area contributed by atoms with Crippen molar-refractivity contribution in [2.24, 2.45) is 11.5 Å². The van der Waals surface area contributed by atoms with Crippen LogP contribution in [0.5, 0.6) is 0 Å². The number of hydrogen-bond donors (Lipinski definition) is 3. The molecule has 12 heavy (non-hydrogen) atoms. The number of carbonyl (C=O) groups excluding carboxylic acids is 1.